The highest BCUT2D eigenvalue weighted by Crippen LogP contribution is 2.36. The lowest BCUT2D eigenvalue weighted by molar-refractivity contribution is 0.0696. The van der Waals surface area contributed by atoms with Gasteiger partial charge in [-0.25, -0.2) is 4.79 Å². The number of aromatic carboxylic acids is 1. The van der Waals surface area contributed by atoms with Crippen LogP contribution >= 0.6 is 11.6 Å². The van der Waals surface area contributed by atoms with Crippen molar-refractivity contribution in [2.24, 2.45) is 0 Å². The monoisotopic (exact) mass is 320 g/mol. The van der Waals surface area contributed by atoms with E-state index in [1.54, 1.807) is 12.1 Å². The van der Waals surface area contributed by atoms with Crippen molar-refractivity contribution in [3.05, 3.63) is 58.1 Å². The van der Waals surface area contributed by atoms with Crippen LogP contribution in [0.5, 0.6) is 11.5 Å². The number of carbonyl (C=O) groups excluding carboxylic acids is 1. The number of ether oxygens (including phenoxy) is 2. The number of halogens is 1. The van der Waals surface area contributed by atoms with Crippen LogP contribution in [-0.4, -0.2) is 24.5 Å². The van der Waals surface area contributed by atoms with Gasteiger partial charge in [-0.1, -0.05) is 23.7 Å². The number of carbonyl (C=O) groups is 2. The van der Waals surface area contributed by atoms with Crippen molar-refractivity contribution in [2.75, 3.05) is 7.11 Å². The molecule has 0 aliphatic rings. The van der Waals surface area contributed by atoms with Crippen molar-refractivity contribution in [1.82, 2.24) is 0 Å². The highest BCUT2D eigenvalue weighted by Gasteiger charge is 2.12. The minimum absolute atomic E-state index is 0.123. The van der Waals surface area contributed by atoms with Crippen LogP contribution in [-0.2, 0) is 6.61 Å². The maximum Gasteiger partial charge on any atom is 0.335 e. The Morgan fingerprint density at radius 3 is 2.73 bits per heavy atom. The normalized spacial score (nSPS) is 10.1. The fraction of sp³-hybridized carbons (Fsp3) is 0.125. The Bertz CT molecular complexity index is 712. The summed E-state index contributed by atoms with van der Waals surface area (Å²) >= 11 is 6.08. The molecule has 2 aromatic rings. The number of carboxylic acids is 1. The van der Waals surface area contributed by atoms with Gasteiger partial charge < -0.3 is 14.6 Å². The van der Waals surface area contributed by atoms with Gasteiger partial charge in [0.05, 0.1) is 17.7 Å². The zero-order valence-electron chi connectivity index (χ0n) is 11.7. The van der Waals surface area contributed by atoms with Crippen molar-refractivity contribution in [2.45, 2.75) is 6.61 Å². The predicted molar refractivity (Wildman–Crippen MR) is 81.1 cm³/mol. The molecule has 0 fully saturated rings. The lowest BCUT2D eigenvalue weighted by Gasteiger charge is -2.13. The summed E-state index contributed by atoms with van der Waals surface area (Å²) in [5, 5.41) is 9.21. The van der Waals surface area contributed by atoms with E-state index in [-0.39, 0.29) is 17.2 Å². The SMILES string of the molecule is COc1cc(C=O)cc(Cl)c1OCc1cccc(C(=O)O)c1. The van der Waals surface area contributed by atoms with Crippen molar-refractivity contribution < 1.29 is 24.2 Å². The molecular formula is C16H13ClO5. The van der Waals surface area contributed by atoms with E-state index in [1.807, 2.05) is 0 Å². The molecule has 0 unspecified atom stereocenters. The quantitative estimate of drug-likeness (QED) is 0.825. The third kappa shape index (κ3) is 3.56. The molecule has 1 N–H and O–H groups in total. The zero-order valence-corrected chi connectivity index (χ0v) is 12.5. The van der Waals surface area contributed by atoms with Crippen molar-refractivity contribution in [1.29, 1.82) is 0 Å². The zero-order chi connectivity index (χ0) is 16.1. The van der Waals surface area contributed by atoms with Crippen LogP contribution in [0.3, 0.4) is 0 Å². The second kappa shape index (κ2) is 6.95. The molecule has 22 heavy (non-hydrogen) atoms. The number of rotatable bonds is 6. The van der Waals surface area contributed by atoms with Crippen LogP contribution in [0.2, 0.25) is 5.02 Å². The van der Waals surface area contributed by atoms with E-state index in [2.05, 4.69) is 0 Å². The van der Waals surface area contributed by atoms with E-state index in [4.69, 9.17) is 26.2 Å². The molecular weight excluding hydrogens is 308 g/mol. The van der Waals surface area contributed by atoms with Crippen LogP contribution in [0.1, 0.15) is 26.3 Å². The van der Waals surface area contributed by atoms with Gasteiger partial charge in [-0.2, -0.15) is 0 Å². The highest BCUT2D eigenvalue weighted by molar-refractivity contribution is 6.32. The van der Waals surface area contributed by atoms with Gasteiger partial charge in [-0.3, -0.25) is 4.79 Å². The first kappa shape index (κ1) is 15.9. The van der Waals surface area contributed by atoms with Crippen molar-refractivity contribution >= 4 is 23.9 Å². The first-order valence-corrected chi connectivity index (χ1v) is 6.70. The molecule has 0 aliphatic heterocycles. The van der Waals surface area contributed by atoms with Crippen LogP contribution in [0.25, 0.3) is 0 Å². The predicted octanol–water partition coefficient (Wildman–Crippen LogP) is 3.44. The largest absolute Gasteiger partial charge is 0.493 e. The molecule has 6 heteroatoms. The standard InChI is InChI=1S/C16H13ClO5/c1-21-14-7-11(8-18)6-13(17)15(14)22-9-10-3-2-4-12(5-10)16(19)20/h2-8H,9H2,1H3,(H,19,20). The molecule has 0 aromatic heterocycles. The van der Waals surface area contributed by atoms with Crippen molar-refractivity contribution in [3.63, 3.8) is 0 Å². The molecule has 114 valence electrons. The summed E-state index contributed by atoms with van der Waals surface area (Å²) in [4.78, 5) is 21.7. The van der Waals surface area contributed by atoms with Gasteiger partial charge in [0.2, 0.25) is 0 Å². The molecule has 0 aliphatic carbocycles. The minimum Gasteiger partial charge on any atom is -0.493 e. The van der Waals surface area contributed by atoms with Crippen LogP contribution in [0.15, 0.2) is 36.4 Å². The fourth-order valence-electron chi connectivity index (χ4n) is 1.90. The van der Waals surface area contributed by atoms with Crippen LogP contribution < -0.4 is 9.47 Å². The molecule has 0 saturated heterocycles. The fourth-order valence-corrected chi connectivity index (χ4v) is 2.17. The van der Waals surface area contributed by atoms with E-state index in [0.29, 0.717) is 28.9 Å². The third-order valence-corrected chi connectivity index (χ3v) is 3.23. The Balaban J connectivity index is 2.23. The van der Waals surface area contributed by atoms with Crippen LogP contribution in [0.4, 0.5) is 0 Å². The molecule has 2 aromatic carbocycles. The number of aldehydes is 1. The molecule has 0 bridgehead atoms. The van der Waals surface area contributed by atoms with Gasteiger partial charge >= 0.3 is 5.97 Å². The summed E-state index contributed by atoms with van der Waals surface area (Å²) in [5.74, 6) is -0.368. The molecule has 0 atom stereocenters. The van der Waals surface area contributed by atoms with E-state index < -0.39 is 5.97 Å². The Morgan fingerprint density at radius 2 is 2.09 bits per heavy atom. The summed E-state index contributed by atoms with van der Waals surface area (Å²) in [6, 6.07) is 9.38. The molecule has 0 saturated carbocycles. The Labute approximate surface area is 132 Å². The second-order valence-corrected chi connectivity index (χ2v) is 4.85. The number of benzene rings is 2. The number of methoxy groups -OCH3 is 1. The summed E-state index contributed by atoms with van der Waals surface area (Å²) in [6.45, 7) is 0.123. The number of carboxylic acid groups (broad SMARTS) is 1. The summed E-state index contributed by atoms with van der Waals surface area (Å²) in [7, 11) is 1.44. The third-order valence-electron chi connectivity index (χ3n) is 2.94. The summed E-state index contributed by atoms with van der Waals surface area (Å²) < 4.78 is 10.8. The number of hydrogen-bond acceptors (Lipinski definition) is 4. The maximum atomic E-state index is 10.9. The number of hydrogen-bond donors (Lipinski definition) is 1. The molecule has 2 rings (SSSR count). The van der Waals surface area contributed by atoms with Crippen molar-refractivity contribution in [3.8, 4) is 11.5 Å². The first-order valence-electron chi connectivity index (χ1n) is 6.33. The second-order valence-electron chi connectivity index (χ2n) is 4.45. The molecule has 0 amide bonds. The Morgan fingerprint density at radius 1 is 1.32 bits per heavy atom. The Kier molecular flexibility index (Phi) is 5.01. The molecule has 0 heterocycles. The summed E-state index contributed by atoms with van der Waals surface area (Å²) in [6.07, 6.45) is 0.661. The van der Waals surface area contributed by atoms with Gasteiger partial charge in [0.25, 0.3) is 0 Å². The van der Waals surface area contributed by atoms with Gasteiger partial charge in [0, 0.05) is 5.56 Å². The smallest absolute Gasteiger partial charge is 0.335 e. The molecule has 5 nitrogen and oxygen atoms in total. The first-order chi connectivity index (χ1) is 10.5. The van der Waals surface area contributed by atoms with Gasteiger partial charge in [-0.05, 0) is 29.8 Å². The average molecular weight is 321 g/mol. The lowest BCUT2D eigenvalue weighted by atomic mass is 10.1. The average Bonchev–Trinajstić information content (AvgIpc) is 2.53. The maximum absolute atomic E-state index is 10.9. The summed E-state index contributed by atoms with van der Waals surface area (Å²) in [5.41, 5.74) is 1.23. The lowest BCUT2D eigenvalue weighted by Crippen LogP contribution is -2.02. The molecule has 0 spiro atoms. The minimum atomic E-state index is -1.01. The van der Waals surface area contributed by atoms with Gasteiger partial charge in [-0.15, -0.1) is 0 Å². The van der Waals surface area contributed by atoms with E-state index in [0.717, 1.165) is 0 Å². The van der Waals surface area contributed by atoms with Gasteiger partial charge in [0.15, 0.2) is 11.5 Å². The van der Waals surface area contributed by atoms with E-state index in [1.165, 1.54) is 31.4 Å². The van der Waals surface area contributed by atoms with Crippen LogP contribution in [0, 0.1) is 0 Å². The molecule has 0 radical (unpaired) electrons. The Hall–Kier alpha value is -2.53. The van der Waals surface area contributed by atoms with Gasteiger partial charge in [0.1, 0.15) is 12.9 Å². The topological polar surface area (TPSA) is 72.8 Å². The van der Waals surface area contributed by atoms with E-state index in [9.17, 15) is 9.59 Å². The highest BCUT2D eigenvalue weighted by atomic mass is 35.5. The van der Waals surface area contributed by atoms with E-state index >= 15 is 0 Å².